The van der Waals surface area contributed by atoms with Crippen molar-refractivity contribution in [2.24, 2.45) is 5.92 Å². The van der Waals surface area contributed by atoms with Gasteiger partial charge < -0.3 is 10.4 Å². The molecule has 20 heavy (non-hydrogen) atoms. The maximum Gasteiger partial charge on any atom is 0.162 e. The van der Waals surface area contributed by atoms with Crippen LogP contribution in [0.3, 0.4) is 0 Å². The lowest BCUT2D eigenvalue weighted by atomic mass is 9.77. The van der Waals surface area contributed by atoms with Crippen molar-refractivity contribution in [2.45, 2.75) is 51.5 Å². The van der Waals surface area contributed by atoms with E-state index in [0.29, 0.717) is 6.42 Å². The zero-order valence-electron chi connectivity index (χ0n) is 12.5. The molecule has 1 aromatic carbocycles. The highest BCUT2D eigenvalue weighted by Crippen LogP contribution is 2.34. The summed E-state index contributed by atoms with van der Waals surface area (Å²) in [6.07, 6.45) is 4.84. The number of ketones is 1. The van der Waals surface area contributed by atoms with Crippen molar-refractivity contribution in [3.05, 3.63) is 29.8 Å². The van der Waals surface area contributed by atoms with Gasteiger partial charge in [-0.3, -0.25) is 4.79 Å². The summed E-state index contributed by atoms with van der Waals surface area (Å²) in [5.74, 6) is 0.918. The van der Waals surface area contributed by atoms with Crippen LogP contribution in [0, 0.1) is 5.92 Å². The number of carbonyl (C=O) groups is 1. The summed E-state index contributed by atoms with van der Waals surface area (Å²) in [5.41, 5.74) is 1.55. The molecule has 3 heteroatoms. The quantitative estimate of drug-likeness (QED) is 0.807. The first-order valence-electron chi connectivity index (χ1n) is 7.61. The van der Waals surface area contributed by atoms with E-state index in [4.69, 9.17) is 0 Å². The van der Waals surface area contributed by atoms with Crippen LogP contribution in [0.4, 0.5) is 5.69 Å². The fourth-order valence-corrected chi connectivity index (χ4v) is 2.89. The maximum absolute atomic E-state index is 11.6. The van der Waals surface area contributed by atoms with Gasteiger partial charge in [-0.05, 0) is 55.9 Å². The molecule has 0 unspecified atom stereocenters. The van der Waals surface area contributed by atoms with E-state index in [1.165, 1.54) is 0 Å². The van der Waals surface area contributed by atoms with E-state index in [1.54, 1.807) is 0 Å². The molecule has 110 valence electrons. The largest absolute Gasteiger partial charge is 0.394 e. The van der Waals surface area contributed by atoms with E-state index in [9.17, 15) is 9.90 Å². The van der Waals surface area contributed by atoms with Gasteiger partial charge in [0, 0.05) is 17.7 Å². The van der Waals surface area contributed by atoms with E-state index >= 15 is 0 Å². The number of rotatable bonds is 5. The number of nitrogens with one attached hydrogen (secondary N) is 1. The van der Waals surface area contributed by atoms with E-state index in [2.05, 4.69) is 12.2 Å². The molecule has 0 amide bonds. The summed E-state index contributed by atoms with van der Waals surface area (Å²) in [6, 6.07) is 7.62. The monoisotopic (exact) mass is 275 g/mol. The molecule has 3 nitrogen and oxygen atoms in total. The van der Waals surface area contributed by atoms with Gasteiger partial charge in [0.05, 0.1) is 12.1 Å². The summed E-state index contributed by atoms with van der Waals surface area (Å²) in [4.78, 5) is 11.6. The van der Waals surface area contributed by atoms with Crippen molar-refractivity contribution in [3.8, 4) is 0 Å². The summed E-state index contributed by atoms with van der Waals surface area (Å²) in [7, 11) is 0. The first kappa shape index (κ1) is 15.0. The second kappa shape index (κ2) is 6.40. The van der Waals surface area contributed by atoms with Crippen LogP contribution >= 0.6 is 0 Å². The summed E-state index contributed by atoms with van der Waals surface area (Å²) in [6.45, 7) is 4.31. The first-order valence-corrected chi connectivity index (χ1v) is 7.61. The fraction of sp³-hybridized carbons (Fsp3) is 0.588. The van der Waals surface area contributed by atoms with Gasteiger partial charge in [-0.2, -0.15) is 0 Å². The zero-order chi connectivity index (χ0) is 14.6. The number of hydrogen-bond acceptors (Lipinski definition) is 3. The van der Waals surface area contributed by atoms with Crippen molar-refractivity contribution >= 4 is 11.5 Å². The Bertz CT molecular complexity index is 445. The van der Waals surface area contributed by atoms with Gasteiger partial charge in [-0.25, -0.2) is 0 Å². The van der Waals surface area contributed by atoms with Crippen LogP contribution in [-0.4, -0.2) is 23.0 Å². The number of anilines is 1. The SMILES string of the molecule is CCC(=O)c1ccc(NC2(CO)CCC(C)CC2)cc1. The summed E-state index contributed by atoms with van der Waals surface area (Å²) >= 11 is 0. The maximum atomic E-state index is 11.6. The van der Waals surface area contributed by atoms with Gasteiger partial charge in [0.1, 0.15) is 0 Å². The predicted molar refractivity (Wildman–Crippen MR) is 82.1 cm³/mol. The number of benzene rings is 1. The minimum atomic E-state index is -0.192. The Morgan fingerprint density at radius 3 is 2.40 bits per heavy atom. The molecule has 2 rings (SSSR count). The molecule has 0 aromatic heterocycles. The van der Waals surface area contributed by atoms with E-state index in [0.717, 1.165) is 42.9 Å². The van der Waals surface area contributed by atoms with Gasteiger partial charge in [0.2, 0.25) is 0 Å². The molecule has 1 fully saturated rings. The molecule has 2 N–H and O–H groups in total. The number of Topliss-reactive ketones (excluding diaryl/α,β-unsaturated/α-hetero) is 1. The number of aliphatic hydroxyl groups is 1. The van der Waals surface area contributed by atoms with Crippen LogP contribution in [-0.2, 0) is 0 Å². The first-order chi connectivity index (χ1) is 9.58. The Kier molecular flexibility index (Phi) is 4.81. The van der Waals surface area contributed by atoms with Crippen molar-refractivity contribution in [1.82, 2.24) is 0 Å². The summed E-state index contributed by atoms with van der Waals surface area (Å²) in [5, 5.41) is 13.2. The Morgan fingerprint density at radius 2 is 1.90 bits per heavy atom. The molecule has 1 saturated carbocycles. The highest BCUT2D eigenvalue weighted by molar-refractivity contribution is 5.96. The summed E-state index contributed by atoms with van der Waals surface area (Å²) < 4.78 is 0. The van der Waals surface area contributed by atoms with Crippen molar-refractivity contribution in [1.29, 1.82) is 0 Å². The lowest BCUT2D eigenvalue weighted by Gasteiger charge is -2.39. The van der Waals surface area contributed by atoms with Crippen molar-refractivity contribution in [3.63, 3.8) is 0 Å². The molecule has 1 aliphatic carbocycles. The van der Waals surface area contributed by atoms with Crippen LogP contribution in [0.2, 0.25) is 0 Å². The van der Waals surface area contributed by atoms with Crippen molar-refractivity contribution < 1.29 is 9.90 Å². The minimum Gasteiger partial charge on any atom is -0.394 e. The molecule has 1 aliphatic rings. The second-order valence-corrected chi connectivity index (χ2v) is 6.10. The van der Waals surface area contributed by atoms with Gasteiger partial charge >= 0.3 is 0 Å². The second-order valence-electron chi connectivity index (χ2n) is 6.10. The zero-order valence-corrected chi connectivity index (χ0v) is 12.5. The highest BCUT2D eigenvalue weighted by atomic mass is 16.3. The number of aliphatic hydroxyl groups excluding tert-OH is 1. The third kappa shape index (κ3) is 3.40. The van der Waals surface area contributed by atoms with E-state index < -0.39 is 0 Å². The van der Waals surface area contributed by atoms with Crippen LogP contribution < -0.4 is 5.32 Å². The highest BCUT2D eigenvalue weighted by Gasteiger charge is 2.33. The Balaban J connectivity index is 2.06. The standard InChI is InChI=1S/C17H25NO2/c1-3-16(20)14-4-6-15(7-5-14)18-17(12-19)10-8-13(2)9-11-17/h4-7,13,18-19H,3,8-12H2,1-2H3. The Hall–Kier alpha value is -1.35. The molecule has 0 aliphatic heterocycles. The number of carbonyl (C=O) groups excluding carboxylic acids is 1. The normalized spacial score (nSPS) is 26.2. The van der Waals surface area contributed by atoms with Crippen LogP contribution in [0.1, 0.15) is 56.3 Å². The molecule has 0 bridgehead atoms. The number of hydrogen-bond donors (Lipinski definition) is 2. The lowest BCUT2D eigenvalue weighted by Crippen LogP contribution is -2.45. The van der Waals surface area contributed by atoms with Crippen LogP contribution in [0.5, 0.6) is 0 Å². The minimum absolute atomic E-state index is 0.162. The molecular formula is C17H25NO2. The Labute approximate surface area is 121 Å². The fourth-order valence-electron chi connectivity index (χ4n) is 2.89. The molecule has 0 spiro atoms. The third-order valence-electron chi connectivity index (χ3n) is 4.47. The Morgan fingerprint density at radius 1 is 1.30 bits per heavy atom. The third-order valence-corrected chi connectivity index (χ3v) is 4.47. The molecule has 0 radical (unpaired) electrons. The average molecular weight is 275 g/mol. The molecule has 1 aromatic rings. The van der Waals surface area contributed by atoms with E-state index in [1.807, 2.05) is 31.2 Å². The van der Waals surface area contributed by atoms with Gasteiger partial charge in [0.25, 0.3) is 0 Å². The van der Waals surface area contributed by atoms with Gasteiger partial charge in [-0.15, -0.1) is 0 Å². The smallest absolute Gasteiger partial charge is 0.162 e. The topological polar surface area (TPSA) is 49.3 Å². The molecule has 0 atom stereocenters. The van der Waals surface area contributed by atoms with Crippen LogP contribution in [0.15, 0.2) is 24.3 Å². The average Bonchev–Trinajstić information content (AvgIpc) is 2.50. The van der Waals surface area contributed by atoms with Gasteiger partial charge in [0.15, 0.2) is 5.78 Å². The predicted octanol–water partition coefficient (Wildman–Crippen LogP) is 3.63. The van der Waals surface area contributed by atoms with Crippen molar-refractivity contribution in [2.75, 3.05) is 11.9 Å². The lowest BCUT2D eigenvalue weighted by molar-refractivity contribution is 0.0988. The van der Waals surface area contributed by atoms with Gasteiger partial charge in [-0.1, -0.05) is 13.8 Å². The molecule has 0 heterocycles. The molecule has 0 saturated heterocycles. The molecular weight excluding hydrogens is 250 g/mol. The van der Waals surface area contributed by atoms with Crippen LogP contribution in [0.25, 0.3) is 0 Å². The van der Waals surface area contributed by atoms with E-state index in [-0.39, 0.29) is 17.9 Å².